The molecule has 17 atom stereocenters. The van der Waals surface area contributed by atoms with Crippen LogP contribution in [0.25, 0.3) is 0 Å². The molecule has 6 nitrogen and oxygen atoms in total. The zero-order chi connectivity index (χ0) is 38.8. The average Bonchev–Trinajstić information content (AvgIpc) is 3.70. The predicted molar refractivity (Wildman–Crippen MR) is 222 cm³/mol. The molecular weight excluding hydrogens is 703 g/mol. The maximum absolute atomic E-state index is 13.5. The van der Waals surface area contributed by atoms with Gasteiger partial charge >= 0.3 is 5.97 Å². The number of hydrogen-bond donors (Lipinski definition) is 3. The summed E-state index contributed by atoms with van der Waals surface area (Å²) >= 11 is 0.794. The van der Waals surface area contributed by atoms with Crippen LogP contribution in [0.4, 0.5) is 0 Å². The number of aliphatic hydroxyl groups excluding tert-OH is 1. The Kier molecular flexibility index (Phi) is 11.9. The van der Waals surface area contributed by atoms with E-state index in [-0.39, 0.29) is 24.1 Å². The van der Waals surface area contributed by atoms with Gasteiger partial charge in [-0.1, -0.05) is 34.6 Å². The van der Waals surface area contributed by atoms with E-state index in [2.05, 4.69) is 39.9 Å². The second-order valence-electron chi connectivity index (χ2n) is 22.4. The van der Waals surface area contributed by atoms with Gasteiger partial charge in [0.15, 0.2) is 0 Å². The number of esters is 1. The number of nitrogens with one attached hydrogen (secondary N) is 1. The first-order valence-corrected chi connectivity index (χ1v) is 24.6. The summed E-state index contributed by atoms with van der Waals surface area (Å²) < 4.78 is 15.4. The van der Waals surface area contributed by atoms with Crippen LogP contribution in [-0.4, -0.2) is 46.0 Å². The van der Waals surface area contributed by atoms with Crippen molar-refractivity contribution < 1.29 is 24.0 Å². The van der Waals surface area contributed by atoms with Crippen molar-refractivity contribution in [1.29, 1.82) is 0 Å². The van der Waals surface area contributed by atoms with Gasteiger partial charge in [-0.15, -0.1) is 0 Å². The van der Waals surface area contributed by atoms with Gasteiger partial charge in [0, 0.05) is 25.1 Å². The number of hydrogen-bond acceptors (Lipinski definition) is 6. The highest BCUT2D eigenvalue weighted by Crippen LogP contribution is 2.70. The molecule has 0 radical (unpaired) electrons. The van der Waals surface area contributed by atoms with Gasteiger partial charge in [-0.05, 0) is 227 Å². The summed E-state index contributed by atoms with van der Waals surface area (Å²) in [6.07, 6.45) is 25.8. The summed E-state index contributed by atoms with van der Waals surface area (Å²) in [6, 6.07) is 0. The summed E-state index contributed by atoms with van der Waals surface area (Å²) in [4.78, 5) is 26.0. The summed E-state index contributed by atoms with van der Waals surface area (Å²) in [5.41, 5.74) is 1.59. The first-order chi connectivity index (χ1) is 26.3. The molecule has 8 aliphatic rings. The van der Waals surface area contributed by atoms with Crippen LogP contribution >= 0.6 is 12.0 Å². The third kappa shape index (κ3) is 7.31. The zero-order valence-corrected chi connectivity index (χ0v) is 36.3. The van der Waals surface area contributed by atoms with Gasteiger partial charge in [-0.3, -0.25) is 9.59 Å². The maximum Gasteiger partial charge on any atom is 0.306 e. The highest BCUT2D eigenvalue weighted by atomic mass is 32.2. The monoisotopic (exact) mass is 782 g/mol. The van der Waals surface area contributed by atoms with Crippen molar-refractivity contribution in [3.8, 4) is 0 Å². The molecule has 0 saturated heterocycles. The number of rotatable bonds is 11. The Bertz CT molecular complexity index is 1390. The Hall–Kier alpha value is -0.790. The van der Waals surface area contributed by atoms with Gasteiger partial charge in [0.1, 0.15) is 6.10 Å². The van der Waals surface area contributed by atoms with E-state index in [1.54, 1.807) is 0 Å². The Labute approximate surface area is 339 Å². The largest absolute Gasteiger partial charge is 0.462 e. The molecule has 14 unspecified atom stereocenters. The van der Waals surface area contributed by atoms with Crippen LogP contribution < -0.4 is 5.32 Å². The lowest BCUT2D eigenvalue weighted by Crippen LogP contribution is -2.54. The lowest BCUT2D eigenvalue weighted by molar-refractivity contribution is -0.163. The van der Waals surface area contributed by atoms with Crippen molar-refractivity contribution >= 4 is 23.9 Å². The van der Waals surface area contributed by atoms with E-state index >= 15 is 0 Å². The molecule has 0 bridgehead atoms. The Morgan fingerprint density at radius 3 is 2.02 bits per heavy atom. The summed E-state index contributed by atoms with van der Waals surface area (Å²) in [6.45, 7) is 13.4. The fraction of sp³-hybridized carbons (Fsp3) is 0.958. The summed E-state index contributed by atoms with van der Waals surface area (Å²) in [5.74, 6) is 9.05. The van der Waals surface area contributed by atoms with Gasteiger partial charge in [-0.2, -0.15) is 0 Å². The molecule has 8 fully saturated rings. The molecule has 8 rings (SSSR count). The second kappa shape index (κ2) is 16.0. The SMILES string of the molecule is C[C@H](CCC(=O)O[C@@H]1CCC2(C)C(CCC3C4CCC(CCC(=O)NCCSO)C4(C)CCC32)C1)C1CCC2C3CCC4C[C@H](O)CCC4(C)C3CCC21C. The first kappa shape index (κ1) is 41.0. The number of ether oxygens (including phenoxy) is 1. The maximum atomic E-state index is 13.5. The van der Waals surface area contributed by atoms with E-state index in [1.807, 2.05) is 0 Å². The van der Waals surface area contributed by atoms with Gasteiger partial charge in [0.05, 0.1) is 6.10 Å². The fourth-order valence-corrected chi connectivity index (χ4v) is 17.7. The van der Waals surface area contributed by atoms with Gasteiger partial charge in [0.2, 0.25) is 5.91 Å². The van der Waals surface area contributed by atoms with E-state index in [0.29, 0.717) is 64.6 Å². The van der Waals surface area contributed by atoms with Crippen LogP contribution in [-0.2, 0) is 14.3 Å². The summed E-state index contributed by atoms with van der Waals surface area (Å²) in [7, 11) is 0. The van der Waals surface area contributed by atoms with Crippen LogP contribution in [0.15, 0.2) is 0 Å². The number of carbonyl (C=O) groups is 2. The van der Waals surface area contributed by atoms with E-state index < -0.39 is 0 Å². The van der Waals surface area contributed by atoms with Crippen LogP contribution in [0, 0.1) is 86.8 Å². The molecule has 0 heterocycles. The van der Waals surface area contributed by atoms with Crippen molar-refractivity contribution in [2.24, 2.45) is 86.8 Å². The molecule has 8 saturated carbocycles. The first-order valence-electron chi connectivity index (χ1n) is 23.7. The Morgan fingerprint density at radius 2 is 1.31 bits per heavy atom. The highest BCUT2D eigenvalue weighted by molar-refractivity contribution is 7.93. The van der Waals surface area contributed by atoms with Gasteiger partial charge in [-0.25, -0.2) is 0 Å². The van der Waals surface area contributed by atoms with E-state index in [9.17, 15) is 14.7 Å². The standard InChI is InChI=1S/C48H79NO5S/c1-30(38-14-15-40-37-11-7-32-28-34(50)18-22-46(32,3)42(37)21-25-48(38,40)5)6-17-44(52)54-35-19-23-47(4)33(29-35)8-12-36-39-13-9-31(45(39,2)24-20-41(36)47)10-16-43(51)49-26-27-55-53/h30-42,50,53H,6-29H2,1-5H3,(H,49,51)/t30-,31?,32?,33?,34-,35-,36?,37?,38?,39?,40?,41?,42?,45?,46?,47?,48?/m1/s1. The van der Waals surface area contributed by atoms with Crippen molar-refractivity contribution in [2.45, 2.75) is 188 Å². The van der Waals surface area contributed by atoms with Crippen LogP contribution in [0.5, 0.6) is 0 Å². The second-order valence-corrected chi connectivity index (χ2v) is 23.1. The van der Waals surface area contributed by atoms with Crippen molar-refractivity contribution in [2.75, 3.05) is 12.3 Å². The minimum Gasteiger partial charge on any atom is -0.462 e. The summed E-state index contributed by atoms with van der Waals surface area (Å²) in [5, 5.41) is 13.4. The quantitative estimate of drug-likeness (QED) is 0.110. The molecule has 3 N–H and O–H groups in total. The molecule has 0 aromatic rings. The third-order valence-electron chi connectivity index (χ3n) is 20.5. The molecule has 312 valence electrons. The Balaban J connectivity index is 0.804. The zero-order valence-electron chi connectivity index (χ0n) is 35.5. The van der Waals surface area contributed by atoms with E-state index in [0.717, 1.165) is 97.9 Å². The minimum absolute atomic E-state index is 0.0645. The minimum atomic E-state index is -0.0666. The molecular formula is C48H79NO5S. The van der Waals surface area contributed by atoms with Crippen molar-refractivity contribution in [3.05, 3.63) is 0 Å². The molecule has 0 aliphatic heterocycles. The average molecular weight is 782 g/mol. The Morgan fingerprint density at radius 1 is 0.709 bits per heavy atom. The van der Waals surface area contributed by atoms with Gasteiger partial charge in [0.25, 0.3) is 0 Å². The van der Waals surface area contributed by atoms with Crippen molar-refractivity contribution in [1.82, 2.24) is 5.32 Å². The molecule has 0 spiro atoms. The lowest BCUT2D eigenvalue weighted by atomic mass is 9.44. The topological polar surface area (TPSA) is 95.9 Å². The smallest absolute Gasteiger partial charge is 0.306 e. The van der Waals surface area contributed by atoms with Crippen LogP contribution in [0.1, 0.15) is 176 Å². The number of carbonyl (C=O) groups excluding carboxylic acids is 2. The van der Waals surface area contributed by atoms with E-state index in [1.165, 1.54) is 89.9 Å². The third-order valence-corrected chi connectivity index (χ3v) is 20.9. The molecule has 0 aromatic heterocycles. The predicted octanol–water partition coefficient (Wildman–Crippen LogP) is 11.1. The van der Waals surface area contributed by atoms with Crippen molar-refractivity contribution in [3.63, 3.8) is 0 Å². The highest BCUT2D eigenvalue weighted by Gasteiger charge is 2.62. The molecule has 55 heavy (non-hydrogen) atoms. The number of aliphatic hydroxyl groups is 1. The lowest BCUT2D eigenvalue weighted by Gasteiger charge is -2.61. The number of fused-ring (bicyclic) bond motifs is 10. The molecule has 8 aliphatic carbocycles. The van der Waals surface area contributed by atoms with Gasteiger partial charge < -0.3 is 19.7 Å². The number of amides is 1. The van der Waals surface area contributed by atoms with E-state index in [4.69, 9.17) is 9.29 Å². The fourth-order valence-electron chi connectivity index (χ4n) is 17.5. The molecule has 7 heteroatoms. The normalized spacial score (nSPS) is 49.3. The molecule has 0 aromatic carbocycles. The van der Waals surface area contributed by atoms with Crippen LogP contribution in [0.2, 0.25) is 0 Å². The van der Waals surface area contributed by atoms with Crippen LogP contribution in [0.3, 0.4) is 0 Å². The molecule has 1 amide bonds.